The number of nitro groups is 1. The third kappa shape index (κ3) is 1.86. The highest BCUT2D eigenvalue weighted by molar-refractivity contribution is 7.14. The maximum absolute atomic E-state index is 10.8. The second-order valence-electron chi connectivity index (χ2n) is 2.96. The largest absolute Gasteiger partial charge is 0.300 e. The Kier molecular flexibility index (Phi) is 2.80. The lowest BCUT2D eigenvalue weighted by molar-refractivity contribution is -0.384. The van der Waals surface area contributed by atoms with Gasteiger partial charge in [-0.15, -0.1) is 11.3 Å². The number of anilines is 1. The molecule has 0 fully saturated rings. The molecule has 0 aliphatic heterocycles. The molecular weight excluding hydrogens is 228 g/mol. The zero-order valence-corrected chi connectivity index (χ0v) is 8.90. The lowest BCUT2D eigenvalue weighted by Crippen LogP contribution is -2.05. The minimum Gasteiger partial charge on any atom is -0.300 e. The van der Waals surface area contributed by atoms with Gasteiger partial charge in [-0.05, 0) is 6.07 Å². The first kappa shape index (κ1) is 10.5. The molecule has 0 aliphatic rings. The minimum absolute atomic E-state index is 0.0383. The number of nitrogens with two attached hydrogens (primary N) is 1. The summed E-state index contributed by atoms with van der Waals surface area (Å²) in [5, 5.41) is 13.1. The molecule has 0 saturated heterocycles. The number of benzene rings is 1. The summed E-state index contributed by atoms with van der Waals surface area (Å²) in [6.07, 6.45) is 0. The Morgan fingerprint density at radius 3 is 2.81 bits per heavy atom. The van der Waals surface area contributed by atoms with Gasteiger partial charge in [0, 0.05) is 11.4 Å². The highest BCUT2D eigenvalue weighted by Gasteiger charge is 2.16. The predicted molar refractivity (Wildman–Crippen MR) is 62.0 cm³/mol. The van der Waals surface area contributed by atoms with E-state index < -0.39 is 4.92 Å². The number of aromatic nitrogens is 1. The van der Waals surface area contributed by atoms with Gasteiger partial charge in [0.25, 0.3) is 5.69 Å². The van der Waals surface area contributed by atoms with Gasteiger partial charge in [0.2, 0.25) is 0 Å². The fourth-order valence-corrected chi connectivity index (χ4v) is 1.94. The summed E-state index contributed by atoms with van der Waals surface area (Å²) in [6.45, 7) is 0. The van der Waals surface area contributed by atoms with Gasteiger partial charge >= 0.3 is 0 Å². The van der Waals surface area contributed by atoms with Crippen LogP contribution in [0.15, 0.2) is 29.6 Å². The molecular formula is C9H8N4O2S. The first-order chi connectivity index (χ1) is 7.72. The van der Waals surface area contributed by atoms with Gasteiger partial charge in [-0.25, -0.2) is 10.8 Å². The number of para-hydroxylation sites is 1. The number of nitrogen functional groups attached to an aromatic ring is 1. The highest BCUT2D eigenvalue weighted by Crippen LogP contribution is 2.31. The zero-order chi connectivity index (χ0) is 11.5. The Balaban J connectivity index is 2.50. The Labute approximate surface area is 94.9 Å². The molecule has 7 heteroatoms. The van der Waals surface area contributed by atoms with Crippen molar-refractivity contribution in [3.05, 3.63) is 39.8 Å². The van der Waals surface area contributed by atoms with Gasteiger partial charge < -0.3 is 0 Å². The van der Waals surface area contributed by atoms with E-state index in [9.17, 15) is 10.1 Å². The number of hydrazine groups is 1. The normalized spacial score (nSPS) is 10.1. The molecule has 0 unspecified atom stereocenters. The third-order valence-electron chi connectivity index (χ3n) is 2.00. The maximum Gasteiger partial charge on any atom is 0.278 e. The Bertz CT molecular complexity index is 526. The van der Waals surface area contributed by atoms with Crippen molar-refractivity contribution < 1.29 is 4.92 Å². The van der Waals surface area contributed by atoms with Crippen molar-refractivity contribution in [2.45, 2.75) is 0 Å². The summed E-state index contributed by atoms with van der Waals surface area (Å²) >= 11 is 1.29. The fourth-order valence-electron chi connectivity index (χ4n) is 1.31. The molecule has 0 saturated carbocycles. The molecule has 2 rings (SSSR count). The molecule has 1 aromatic carbocycles. The van der Waals surface area contributed by atoms with Gasteiger partial charge in [0.1, 0.15) is 0 Å². The van der Waals surface area contributed by atoms with Crippen molar-refractivity contribution in [1.82, 2.24) is 4.98 Å². The number of thiazole rings is 1. The summed E-state index contributed by atoms with van der Waals surface area (Å²) in [7, 11) is 0. The summed E-state index contributed by atoms with van der Waals surface area (Å²) < 4.78 is 0. The van der Waals surface area contributed by atoms with Crippen LogP contribution in [-0.4, -0.2) is 9.91 Å². The molecule has 6 nitrogen and oxygen atoms in total. The van der Waals surface area contributed by atoms with E-state index in [-0.39, 0.29) is 5.69 Å². The van der Waals surface area contributed by atoms with Gasteiger partial charge in [0.15, 0.2) is 5.13 Å². The Hall–Kier alpha value is -1.99. The fraction of sp³-hybridized carbons (Fsp3) is 0. The molecule has 3 N–H and O–H groups in total. The summed E-state index contributed by atoms with van der Waals surface area (Å²) in [6, 6.07) is 6.46. The molecule has 2 aromatic rings. The van der Waals surface area contributed by atoms with E-state index in [4.69, 9.17) is 5.84 Å². The third-order valence-corrected chi connectivity index (χ3v) is 2.78. The van der Waals surface area contributed by atoms with Crippen LogP contribution in [-0.2, 0) is 0 Å². The molecule has 0 spiro atoms. The van der Waals surface area contributed by atoms with E-state index >= 15 is 0 Å². The number of nitrogens with zero attached hydrogens (tertiary/aromatic N) is 2. The number of nitro benzene ring substituents is 1. The molecule has 1 aromatic heterocycles. The van der Waals surface area contributed by atoms with Crippen molar-refractivity contribution in [3.63, 3.8) is 0 Å². The van der Waals surface area contributed by atoms with Crippen LogP contribution in [0.3, 0.4) is 0 Å². The van der Waals surface area contributed by atoms with Crippen LogP contribution in [0.25, 0.3) is 11.3 Å². The monoisotopic (exact) mass is 236 g/mol. The van der Waals surface area contributed by atoms with Crippen LogP contribution in [0.1, 0.15) is 0 Å². The van der Waals surface area contributed by atoms with Crippen molar-refractivity contribution >= 4 is 22.2 Å². The highest BCUT2D eigenvalue weighted by atomic mass is 32.1. The predicted octanol–water partition coefficient (Wildman–Crippen LogP) is 2.00. The van der Waals surface area contributed by atoms with Crippen LogP contribution in [0.2, 0.25) is 0 Å². The lowest BCUT2D eigenvalue weighted by atomic mass is 10.1. The van der Waals surface area contributed by atoms with Gasteiger partial charge in [-0.3, -0.25) is 15.5 Å². The quantitative estimate of drug-likeness (QED) is 0.483. The van der Waals surface area contributed by atoms with Crippen LogP contribution in [0.4, 0.5) is 10.8 Å². The van der Waals surface area contributed by atoms with E-state index in [2.05, 4.69) is 10.4 Å². The average molecular weight is 236 g/mol. The van der Waals surface area contributed by atoms with Crippen LogP contribution >= 0.6 is 11.3 Å². The molecule has 1 heterocycles. The molecule has 0 amide bonds. The number of nitrogens with one attached hydrogen (secondary N) is 1. The van der Waals surface area contributed by atoms with E-state index in [0.29, 0.717) is 16.4 Å². The molecule has 16 heavy (non-hydrogen) atoms. The first-order valence-electron chi connectivity index (χ1n) is 4.38. The molecule has 82 valence electrons. The van der Waals surface area contributed by atoms with Crippen LogP contribution in [0.5, 0.6) is 0 Å². The minimum atomic E-state index is -0.426. The number of hydrogen-bond acceptors (Lipinski definition) is 6. The van der Waals surface area contributed by atoms with Crippen LogP contribution < -0.4 is 11.3 Å². The average Bonchev–Trinajstić information content (AvgIpc) is 2.77. The van der Waals surface area contributed by atoms with Crippen molar-refractivity contribution in [3.8, 4) is 11.3 Å². The Morgan fingerprint density at radius 2 is 2.19 bits per heavy atom. The lowest BCUT2D eigenvalue weighted by Gasteiger charge is -1.98. The summed E-state index contributed by atoms with van der Waals surface area (Å²) in [5.41, 5.74) is 3.48. The van der Waals surface area contributed by atoms with E-state index in [1.807, 2.05) is 0 Å². The first-order valence-corrected chi connectivity index (χ1v) is 5.26. The summed E-state index contributed by atoms with van der Waals surface area (Å²) in [5.74, 6) is 5.20. The van der Waals surface area contributed by atoms with Crippen molar-refractivity contribution in [2.75, 3.05) is 5.43 Å². The number of hydrogen-bond donors (Lipinski definition) is 2. The second kappa shape index (κ2) is 4.25. The standard InChI is InChI=1S/C9H8N4O2S/c10-12-9-11-7(5-16-9)6-3-1-2-4-8(6)13(14)15/h1-5H,10H2,(H,11,12). The van der Waals surface area contributed by atoms with Crippen molar-refractivity contribution in [2.24, 2.45) is 5.84 Å². The van der Waals surface area contributed by atoms with Gasteiger partial charge in [0.05, 0.1) is 16.2 Å². The van der Waals surface area contributed by atoms with E-state index in [1.54, 1.807) is 23.6 Å². The molecule has 0 atom stereocenters. The maximum atomic E-state index is 10.8. The van der Waals surface area contributed by atoms with E-state index in [1.165, 1.54) is 17.4 Å². The van der Waals surface area contributed by atoms with E-state index in [0.717, 1.165) is 0 Å². The zero-order valence-electron chi connectivity index (χ0n) is 8.08. The molecule has 0 radical (unpaired) electrons. The van der Waals surface area contributed by atoms with Gasteiger partial charge in [-0.2, -0.15) is 0 Å². The second-order valence-corrected chi connectivity index (χ2v) is 3.81. The SMILES string of the molecule is NNc1nc(-c2ccccc2[N+](=O)[O-])cs1. The molecule has 0 aliphatic carbocycles. The van der Waals surface area contributed by atoms with Gasteiger partial charge in [-0.1, -0.05) is 12.1 Å². The molecule has 0 bridgehead atoms. The number of rotatable bonds is 3. The summed E-state index contributed by atoms with van der Waals surface area (Å²) in [4.78, 5) is 14.5. The van der Waals surface area contributed by atoms with Crippen LogP contribution in [0, 0.1) is 10.1 Å². The van der Waals surface area contributed by atoms with Crippen molar-refractivity contribution in [1.29, 1.82) is 0 Å². The Morgan fingerprint density at radius 1 is 1.44 bits per heavy atom. The topological polar surface area (TPSA) is 94.1 Å². The smallest absolute Gasteiger partial charge is 0.278 e.